The van der Waals surface area contributed by atoms with Crippen LogP contribution in [0, 0.1) is 0 Å². The lowest BCUT2D eigenvalue weighted by atomic mass is 10.1. The van der Waals surface area contributed by atoms with E-state index in [9.17, 15) is 5.11 Å². The molecular formula is C11H18ClNOS. The van der Waals surface area contributed by atoms with Crippen LogP contribution in [-0.2, 0) is 0 Å². The van der Waals surface area contributed by atoms with Gasteiger partial charge in [-0.25, -0.2) is 11.1 Å². The first kappa shape index (κ1) is 12.8. The van der Waals surface area contributed by atoms with Gasteiger partial charge in [0.15, 0.2) is 0 Å². The van der Waals surface area contributed by atoms with Gasteiger partial charge in [-0.15, -0.1) is 0 Å². The van der Waals surface area contributed by atoms with E-state index in [-0.39, 0.29) is 11.1 Å². The molecule has 4 heteroatoms. The van der Waals surface area contributed by atoms with Crippen molar-refractivity contribution in [3.05, 3.63) is 34.9 Å². The van der Waals surface area contributed by atoms with Gasteiger partial charge in [-0.3, -0.25) is 4.72 Å². The highest BCUT2D eigenvalue weighted by atomic mass is 35.5. The molecule has 1 rings (SSSR count). The van der Waals surface area contributed by atoms with Crippen molar-refractivity contribution in [2.45, 2.75) is 12.5 Å². The number of benzene rings is 1. The summed E-state index contributed by atoms with van der Waals surface area (Å²) in [6, 6.07) is 7.35. The third-order valence-electron chi connectivity index (χ3n) is 2.10. The van der Waals surface area contributed by atoms with Gasteiger partial charge in [0.05, 0.1) is 6.10 Å². The van der Waals surface area contributed by atoms with Gasteiger partial charge in [-0.2, -0.15) is 0 Å². The highest BCUT2D eigenvalue weighted by Crippen LogP contribution is 2.19. The lowest BCUT2D eigenvalue weighted by molar-refractivity contribution is 0.169. The summed E-state index contributed by atoms with van der Waals surface area (Å²) in [5.41, 5.74) is 0.928. The number of hydrogen-bond donors (Lipinski definition) is 3. The Morgan fingerprint density at radius 1 is 1.33 bits per heavy atom. The monoisotopic (exact) mass is 247 g/mol. The van der Waals surface area contributed by atoms with E-state index < -0.39 is 6.10 Å². The first-order valence-electron chi connectivity index (χ1n) is 4.94. The Balaban J connectivity index is 2.40. The Bertz CT molecular complexity index is 289. The molecule has 0 amide bonds. The van der Waals surface area contributed by atoms with Crippen LogP contribution in [0.1, 0.15) is 18.1 Å². The van der Waals surface area contributed by atoms with E-state index in [1.54, 1.807) is 12.1 Å². The summed E-state index contributed by atoms with van der Waals surface area (Å²) >= 11 is 5.68. The van der Waals surface area contributed by atoms with Crippen LogP contribution in [0.3, 0.4) is 0 Å². The van der Waals surface area contributed by atoms with Crippen molar-refractivity contribution in [3.63, 3.8) is 0 Å². The number of nitrogens with one attached hydrogen (secondary N) is 1. The third kappa shape index (κ3) is 4.89. The molecule has 0 aromatic heterocycles. The van der Waals surface area contributed by atoms with Crippen LogP contribution in [-0.4, -0.2) is 24.2 Å². The Morgan fingerprint density at radius 2 is 1.93 bits per heavy atom. The van der Waals surface area contributed by atoms with E-state index in [1.807, 2.05) is 12.1 Å². The summed E-state index contributed by atoms with van der Waals surface area (Å²) < 4.78 is 3.34. The summed E-state index contributed by atoms with van der Waals surface area (Å²) in [6.07, 6.45) is 4.65. The van der Waals surface area contributed by atoms with Crippen molar-refractivity contribution in [3.8, 4) is 0 Å². The van der Waals surface area contributed by atoms with Crippen LogP contribution in [0.4, 0.5) is 0 Å². The fourth-order valence-corrected chi connectivity index (χ4v) is 1.98. The average molecular weight is 248 g/mol. The Hall–Kier alpha value is -0.220. The topological polar surface area (TPSA) is 32.3 Å². The smallest absolute Gasteiger partial charge is 0.0802 e. The molecule has 86 valence electrons. The largest absolute Gasteiger partial charge is 0.388 e. The van der Waals surface area contributed by atoms with Crippen molar-refractivity contribution in [2.24, 2.45) is 0 Å². The summed E-state index contributed by atoms with van der Waals surface area (Å²) in [6.45, 7) is 0.850. The number of halogens is 1. The minimum absolute atomic E-state index is 0.0874. The number of rotatable bonds is 5. The molecule has 2 nitrogen and oxygen atoms in total. The van der Waals surface area contributed by atoms with Crippen LogP contribution in [0.25, 0.3) is 0 Å². The highest BCUT2D eigenvalue weighted by Gasteiger charge is 2.06. The highest BCUT2D eigenvalue weighted by molar-refractivity contribution is 8.14. The molecule has 0 spiro atoms. The summed E-state index contributed by atoms with van der Waals surface area (Å²) in [5.74, 6) is 0. The summed E-state index contributed by atoms with van der Waals surface area (Å²) in [7, 11) is 0. The maximum absolute atomic E-state index is 9.85. The minimum Gasteiger partial charge on any atom is -0.388 e. The SMILES string of the molecule is C[SH](C)NCC[C@H](O)c1ccc(Cl)cc1. The quantitative estimate of drug-likeness (QED) is 0.699. The normalized spacial score (nSPS) is 13.7. The van der Waals surface area contributed by atoms with Crippen LogP contribution in [0.2, 0.25) is 5.02 Å². The second-order valence-electron chi connectivity index (χ2n) is 3.66. The van der Waals surface area contributed by atoms with Gasteiger partial charge in [0.1, 0.15) is 0 Å². The van der Waals surface area contributed by atoms with E-state index in [4.69, 9.17) is 11.6 Å². The van der Waals surface area contributed by atoms with Gasteiger partial charge >= 0.3 is 0 Å². The van der Waals surface area contributed by atoms with Crippen molar-refractivity contribution < 1.29 is 5.11 Å². The molecular weight excluding hydrogens is 230 g/mol. The Kier molecular flexibility index (Phi) is 5.47. The molecule has 0 heterocycles. The molecule has 1 atom stereocenters. The molecule has 15 heavy (non-hydrogen) atoms. The lowest BCUT2D eigenvalue weighted by Gasteiger charge is -2.15. The molecule has 0 unspecified atom stereocenters. The van der Waals surface area contributed by atoms with Gasteiger partial charge in [0.25, 0.3) is 0 Å². The summed E-state index contributed by atoms with van der Waals surface area (Å²) in [5, 5.41) is 10.6. The second-order valence-corrected chi connectivity index (χ2v) is 6.20. The Morgan fingerprint density at radius 3 is 2.47 bits per heavy atom. The van der Waals surface area contributed by atoms with E-state index in [2.05, 4.69) is 17.2 Å². The van der Waals surface area contributed by atoms with Crippen LogP contribution in [0.5, 0.6) is 0 Å². The van der Waals surface area contributed by atoms with Crippen molar-refractivity contribution in [1.82, 2.24) is 4.72 Å². The molecule has 0 saturated carbocycles. The molecule has 0 saturated heterocycles. The van der Waals surface area contributed by atoms with E-state index >= 15 is 0 Å². The fraction of sp³-hybridized carbons (Fsp3) is 0.455. The van der Waals surface area contributed by atoms with E-state index in [0.717, 1.165) is 18.5 Å². The van der Waals surface area contributed by atoms with E-state index in [1.165, 1.54) is 0 Å². The first-order valence-corrected chi connectivity index (χ1v) is 7.55. The summed E-state index contributed by atoms with van der Waals surface area (Å²) in [4.78, 5) is 0. The van der Waals surface area contributed by atoms with Crippen molar-refractivity contribution >= 4 is 22.7 Å². The van der Waals surface area contributed by atoms with E-state index in [0.29, 0.717) is 5.02 Å². The molecule has 0 aliphatic rings. The third-order valence-corrected chi connectivity index (χ3v) is 3.21. The van der Waals surface area contributed by atoms with Crippen LogP contribution in [0.15, 0.2) is 24.3 Å². The Labute approximate surface area is 99.1 Å². The van der Waals surface area contributed by atoms with Crippen LogP contribution < -0.4 is 4.72 Å². The number of thiol groups is 1. The maximum atomic E-state index is 9.85. The lowest BCUT2D eigenvalue weighted by Crippen LogP contribution is -2.13. The zero-order valence-electron chi connectivity index (χ0n) is 9.07. The van der Waals surface area contributed by atoms with Crippen molar-refractivity contribution in [1.29, 1.82) is 0 Å². The molecule has 1 aromatic rings. The van der Waals surface area contributed by atoms with Gasteiger partial charge < -0.3 is 5.11 Å². The second kappa shape index (κ2) is 6.38. The number of aliphatic hydroxyl groups excluding tert-OH is 1. The van der Waals surface area contributed by atoms with Gasteiger partial charge in [-0.05, 0) is 36.6 Å². The molecule has 0 bridgehead atoms. The molecule has 0 fully saturated rings. The predicted octanol–water partition coefficient (Wildman–Crippen LogP) is 2.53. The van der Waals surface area contributed by atoms with Crippen molar-refractivity contribution in [2.75, 3.05) is 19.1 Å². The zero-order valence-corrected chi connectivity index (χ0v) is 10.7. The molecule has 0 aliphatic heterocycles. The zero-order chi connectivity index (χ0) is 11.3. The standard InChI is InChI=1S/C11H18ClNOS/c1-15(2)13-8-7-11(14)9-3-5-10(12)6-4-9/h3-6,11,13-15H,7-8H2,1-2H3/t11-/m0/s1. The number of hydrogen-bond acceptors (Lipinski definition) is 2. The first-order chi connectivity index (χ1) is 7.09. The van der Waals surface area contributed by atoms with Gasteiger partial charge in [-0.1, -0.05) is 23.7 Å². The van der Waals surface area contributed by atoms with Crippen LogP contribution >= 0.6 is 22.7 Å². The number of aliphatic hydroxyl groups is 1. The average Bonchev–Trinajstić information content (AvgIpc) is 2.18. The maximum Gasteiger partial charge on any atom is 0.0802 e. The molecule has 1 aromatic carbocycles. The molecule has 0 aliphatic carbocycles. The van der Waals surface area contributed by atoms with Gasteiger partial charge in [0, 0.05) is 11.6 Å². The minimum atomic E-state index is -0.398. The molecule has 2 N–H and O–H groups in total. The predicted molar refractivity (Wildman–Crippen MR) is 69.9 cm³/mol. The fourth-order valence-electron chi connectivity index (χ4n) is 1.28. The van der Waals surface area contributed by atoms with Gasteiger partial charge in [0.2, 0.25) is 0 Å². The molecule has 0 radical (unpaired) electrons.